The maximum atomic E-state index is 5.98. The molecule has 1 unspecified atom stereocenters. The number of aryl methyl sites for hydroxylation is 2. The second-order valence-electron chi connectivity index (χ2n) is 4.27. The molecule has 0 saturated heterocycles. The number of halogens is 1. The molecule has 4 heteroatoms. The molecule has 0 amide bonds. The molecule has 0 aliphatic heterocycles. The summed E-state index contributed by atoms with van der Waals surface area (Å²) in [6, 6.07) is 2.19. The zero-order valence-corrected chi connectivity index (χ0v) is 11.5. The molecule has 0 aliphatic rings. The molecular weight excluding hydrogens is 222 g/mol. The lowest BCUT2D eigenvalue weighted by Crippen LogP contribution is -2.25. The Bertz CT molecular complexity index is 320. The third-order valence-corrected chi connectivity index (χ3v) is 2.71. The van der Waals surface area contributed by atoms with E-state index >= 15 is 0 Å². The van der Waals surface area contributed by atoms with E-state index < -0.39 is 0 Å². The molecule has 0 N–H and O–H groups in total. The van der Waals surface area contributed by atoms with Crippen LogP contribution in [0, 0.1) is 0 Å². The quantitative estimate of drug-likeness (QED) is 0.716. The van der Waals surface area contributed by atoms with Gasteiger partial charge in [-0.25, -0.2) is 0 Å². The highest BCUT2D eigenvalue weighted by molar-refractivity contribution is 6.20. The van der Waals surface area contributed by atoms with Gasteiger partial charge in [0.2, 0.25) is 0 Å². The van der Waals surface area contributed by atoms with Crippen molar-refractivity contribution in [1.82, 2.24) is 14.7 Å². The van der Waals surface area contributed by atoms with E-state index in [2.05, 4.69) is 41.6 Å². The van der Waals surface area contributed by atoms with Crippen LogP contribution in [0.3, 0.4) is 0 Å². The Morgan fingerprint density at radius 1 is 1.50 bits per heavy atom. The molecule has 1 aromatic rings. The van der Waals surface area contributed by atoms with E-state index in [1.165, 1.54) is 11.4 Å². The van der Waals surface area contributed by atoms with Crippen LogP contribution < -0.4 is 0 Å². The van der Waals surface area contributed by atoms with Crippen molar-refractivity contribution >= 4 is 11.6 Å². The molecule has 92 valence electrons. The second kappa shape index (κ2) is 6.26. The normalized spacial score (nSPS) is 13.4. The van der Waals surface area contributed by atoms with Crippen molar-refractivity contribution in [3.05, 3.63) is 17.5 Å². The summed E-state index contributed by atoms with van der Waals surface area (Å²) in [5, 5.41) is 4.72. The van der Waals surface area contributed by atoms with E-state index in [9.17, 15) is 0 Å². The third-order valence-electron chi connectivity index (χ3n) is 2.57. The van der Waals surface area contributed by atoms with Gasteiger partial charge in [0.15, 0.2) is 0 Å². The largest absolute Gasteiger partial charge is 0.299 e. The van der Waals surface area contributed by atoms with E-state index in [1.54, 1.807) is 0 Å². The van der Waals surface area contributed by atoms with Crippen LogP contribution in [-0.2, 0) is 19.5 Å². The minimum absolute atomic E-state index is 0.189. The van der Waals surface area contributed by atoms with Crippen LogP contribution >= 0.6 is 11.6 Å². The Balaban J connectivity index is 2.67. The Labute approximate surface area is 103 Å². The molecule has 1 atom stereocenters. The van der Waals surface area contributed by atoms with Gasteiger partial charge >= 0.3 is 0 Å². The van der Waals surface area contributed by atoms with Gasteiger partial charge in [-0.05, 0) is 33.4 Å². The summed E-state index contributed by atoms with van der Waals surface area (Å²) in [7, 11) is 2.09. The van der Waals surface area contributed by atoms with Crippen LogP contribution in [0.1, 0.15) is 32.2 Å². The Morgan fingerprint density at radius 3 is 2.69 bits per heavy atom. The first kappa shape index (κ1) is 13.5. The smallest absolute Gasteiger partial charge is 0.0625 e. The molecule has 0 bridgehead atoms. The Hall–Kier alpha value is -0.540. The van der Waals surface area contributed by atoms with Gasteiger partial charge in [-0.3, -0.25) is 9.58 Å². The molecule has 1 heterocycles. The van der Waals surface area contributed by atoms with Crippen molar-refractivity contribution in [2.24, 2.45) is 0 Å². The maximum Gasteiger partial charge on any atom is 0.0625 e. The predicted octanol–water partition coefficient (Wildman–Crippen LogP) is 2.52. The van der Waals surface area contributed by atoms with Gasteiger partial charge < -0.3 is 0 Å². The van der Waals surface area contributed by atoms with Crippen molar-refractivity contribution in [2.45, 2.75) is 45.7 Å². The van der Waals surface area contributed by atoms with Crippen LogP contribution in [0.2, 0.25) is 0 Å². The Morgan fingerprint density at radius 2 is 2.19 bits per heavy atom. The number of hydrogen-bond donors (Lipinski definition) is 0. The lowest BCUT2D eigenvalue weighted by molar-refractivity contribution is 0.318. The number of rotatable bonds is 6. The zero-order chi connectivity index (χ0) is 12.1. The van der Waals surface area contributed by atoms with E-state index in [0.717, 1.165) is 26.1 Å². The van der Waals surface area contributed by atoms with E-state index in [0.29, 0.717) is 0 Å². The maximum absolute atomic E-state index is 5.98. The van der Waals surface area contributed by atoms with Crippen molar-refractivity contribution in [3.8, 4) is 0 Å². The summed E-state index contributed by atoms with van der Waals surface area (Å²) < 4.78 is 2.08. The Kier molecular flexibility index (Phi) is 5.29. The first-order valence-electron chi connectivity index (χ1n) is 5.95. The van der Waals surface area contributed by atoms with Crippen molar-refractivity contribution < 1.29 is 0 Å². The van der Waals surface area contributed by atoms with Gasteiger partial charge in [-0.1, -0.05) is 6.92 Å². The SMILES string of the molecule is CCc1cc(CN(C)CC(C)Cl)n(CC)n1. The van der Waals surface area contributed by atoms with Gasteiger partial charge in [-0.15, -0.1) is 11.6 Å². The molecule has 0 spiro atoms. The fourth-order valence-electron chi connectivity index (χ4n) is 1.86. The second-order valence-corrected chi connectivity index (χ2v) is 5.02. The lowest BCUT2D eigenvalue weighted by Gasteiger charge is -2.18. The number of aromatic nitrogens is 2. The van der Waals surface area contributed by atoms with Crippen LogP contribution in [-0.4, -0.2) is 33.6 Å². The molecule has 1 rings (SSSR count). The van der Waals surface area contributed by atoms with E-state index in [-0.39, 0.29) is 5.38 Å². The average molecular weight is 244 g/mol. The van der Waals surface area contributed by atoms with Gasteiger partial charge in [0.25, 0.3) is 0 Å². The molecule has 0 saturated carbocycles. The number of hydrogen-bond acceptors (Lipinski definition) is 2. The minimum Gasteiger partial charge on any atom is -0.299 e. The third kappa shape index (κ3) is 3.80. The molecule has 3 nitrogen and oxygen atoms in total. The summed E-state index contributed by atoms with van der Waals surface area (Å²) in [6.45, 7) is 9.03. The van der Waals surface area contributed by atoms with Crippen molar-refractivity contribution in [1.29, 1.82) is 0 Å². The monoisotopic (exact) mass is 243 g/mol. The zero-order valence-electron chi connectivity index (χ0n) is 10.7. The molecule has 0 radical (unpaired) electrons. The fourth-order valence-corrected chi connectivity index (χ4v) is 2.09. The average Bonchev–Trinajstić information content (AvgIpc) is 2.59. The minimum atomic E-state index is 0.189. The van der Waals surface area contributed by atoms with Crippen LogP contribution in [0.4, 0.5) is 0 Å². The highest BCUT2D eigenvalue weighted by Crippen LogP contribution is 2.09. The van der Waals surface area contributed by atoms with Crippen LogP contribution in [0.5, 0.6) is 0 Å². The van der Waals surface area contributed by atoms with Crippen LogP contribution in [0.15, 0.2) is 6.07 Å². The standard InChI is InChI=1S/C12H22ClN3/c1-5-11-7-12(16(6-2)14-11)9-15(4)8-10(3)13/h7,10H,5-6,8-9H2,1-4H3. The first-order valence-corrected chi connectivity index (χ1v) is 6.38. The lowest BCUT2D eigenvalue weighted by atomic mass is 10.3. The molecule has 0 fully saturated rings. The summed E-state index contributed by atoms with van der Waals surface area (Å²) in [6.07, 6.45) is 0.996. The summed E-state index contributed by atoms with van der Waals surface area (Å²) >= 11 is 5.98. The van der Waals surface area contributed by atoms with Crippen molar-refractivity contribution in [3.63, 3.8) is 0 Å². The van der Waals surface area contributed by atoms with Gasteiger partial charge in [0.05, 0.1) is 11.4 Å². The topological polar surface area (TPSA) is 21.1 Å². The first-order chi connectivity index (χ1) is 7.56. The highest BCUT2D eigenvalue weighted by Gasteiger charge is 2.09. The van der Waals surface area contributed by atoms with E-state index in [1.807, 2.05) is 6.92 Å². The van der Waals surface area contributed by atoms with Gasteiger partial charge in [-0.2, -0.15) is 5.10 Å². The summed E-state index contributed by atoms with van der Waals surface area (Å²) in [5.41, 5.74) is 2.45. The van der Waals surface area contributed by atoms with Gasteiger partial charge in [0.1, 0.15) is 0 Å². The molecule has 16 heavy (non-hydrogen) atoms. The molecule has 1 aromatic heterocycles. The highest BCUT2D eigenvalue weighted by atomic mass is 35.5. The van der Waals surface area contributed by atoms with Crippen LogP contribution in [0.25, 0.3) is 0 Å². The van der Waals surface area contributed by atoms with E-state index in [4.69, 9.17) is 11.6 Å². The molecular formula is C12H22ClN3. The predicted molar refractivity (Wildman–Crippen MR) is 68.9 cm³/mol. The fraction of sp³-hybridized carbons (Fsp3) is 0.750. The summed E-state index contributed by atoms with van der Waals surface area (Å²) in [5.74, 6) is 0. The molecule has 0 aliphatic carbocycles. The van der Waals surface area contributed by atoms with Crippen molar-refractivity contribution in [2.75, 3.05) is 13.6 Å². The number of alkyl halides is 1. The summed E-state index contributed by atoms with van der Waals surface area (Å²) in [4.78, 5) is 2.24. The molecule has 0 aromatic carbocycles. The number of nitrogens with zero attached hydrogens (tertiary/aromatic N) is 3. The van der Waals surface area contributed by atoms with Gasteiger partial charge in [0, 0.05) is 25.0 Å².